The van der Waals surface area contributed by atoms with Crippen molar-refractivity contribution in [2.45, 2.75) is 63.8 Å². The van der Waals surface area contributed by atoms with Gasteiger partial charge in [-0.1, -0.05) is 6.07 Å². The highest BCUT2D eigenvalue weighted by atomic mass is 32.1. The van der Waals surface area contributed by atoms with E-state index in [0.717, 1.165) is 61.7 Å². The minimum Gasteiger partial charge on any atom is -0.362 e. The van der Waals surface area contributed by atoms with Gasteiger partial charge in [0.15, 0.2) is 0 Å². The maximum absolute atomic E-state index is 12.1. The second-order valence-corrected chi connectivity index (χ2v) is 9.85. The number of hydrogen-bond donors (Lipinski definition) is 2. The molecule has 7 heteroatoms. The van der Waals surface area contributed by atoms with Crippen LogP contribution in [0.4, 0.5) is 11.8 Å². The molecule has 0 spiro atoms. The summed E-state index contributed by atoms with van der Waals surface area (Å²) in [4.78, 5) is 25.1. The Balaban J connectivity index is 1.26. The number of nitrogens with one attached hydrogen (secondary N) is 2. The standard InChI is InChI=1S/C23H33N5OS/c1-28(2)22-19-7-3-4-8-20(19)26-23(27-22)25-17-11-9-16(10-12-17)15-24-21(29)14-18-6-5-13-30-18/h5-6,13,16-17H,3-4,7-12,14-15H2,1-2H3,(H,24,29)(H,25,26,27). The third-order valence-corrected chi connectivity index (χ3v) is 7.14. The molecule has 0 aromatic carbocycles. The van der Waals surface area contributed by atoms with Crippen LogP contribution in [0.3, 0.4) is 0 Å². The van der Waals surface area contributed by atoms with Crippen molar-refractivity contribution in [3.63, 3.8) is 0 Å². The van der Waals surface area contributed by atoms with E-state index in [0.29, 0.717) is 18.4 Å². The summed E-state index contributed by atoms with van der Waals surface area (Å²) in [6.07, 6.45) is 9.56. The molecule has 4 rings (SSSR count). The van der Waals surface area contributed by atoms with Crippen LogP contribution in [0.2, 0.25) is 0 Å². The molecule has 0 atom stereocenters. The van der Waals surface area contributed by atoms with Gasteiger partial charge in [0.2, 0.25) is 11.9 Å². The lowest BCUT2D eigenvalue weighted by molar-refractivity contribution is -0.120. The number of amides is 1. The van der Waals surface area contributed by atoms with E-state index in [-0.39, 0.29) is 5.91 Å². The highest BCUT2D eigenvalue weighted by Crippen LogP contribution is 2.30. The molecule has 0 radical (unpaired) electrons. The molecule has 2 N–H and O–H groups in total. The van der Waals surface area contributed by atoms with Gasteiger partial charge in [-0.15, -0.1) is 11.3 Å². The number of thiophene rings is 1. The number of anilines is 2. The number of nitrogens with zero attached hydrogens (tertiary/aromatic N) is 3. The van der Waals surface area contributed by atoms with Crippen LogP contribution in [0.5, 0.6) is 0 Å². The summed E-state index contributed by atoms with van der Waals surface area (Å²) >= 11 is 1.64. The largest absolute Gasteiger partial charge is 0.362 e. The summed E-state index contributed by atoms with van der Waals surface area (Å²) in [5.74, 6) is 2.56. The minimum absolute atomic E-state index is 0.136. The first-order valence-electron chi connectivity index (χ1n) is 11.2. The topological polar surface area (TPSA) is 70.2 Å². The summed E-state index contributed by atoms with van der Waals surface area (Å²) in [5.41, 5.74) is 2.56. The van der Waals surface area contributed by atoms with Crippen LogP contribution in [-0.4, -0.2) is 42.6 Å². The van der Waals surface area contributed by atoms with Crippen LogP contribution in [0, 0.1) is 5.92 Å². The summed E-state index contributed by atoms with van der Waals surface area (Å²) in [5, 5.41) is 8.75. The summed E-state index contributed by atoms with van der Waals surface area (Å²) in [7, 11) is 4.14. The Morgan fingerprint density at radius 2 is 1.97 bits per heavy atom. The molecule has 1 saturated carbocycles. The van der Waals surface area contributed by atoms with Crippen LogP contribution in [0.1, 0.15) is 54.7 Å². The Hall–Kier alpha value is -2.15. The summed E-state index contributed by atoms with van der Waals surface area (Å²) in [6.45, 7) is 0.789. The number of carbonyl (C=O) groups is 1. The van der Waals surface area contributed by atoms with Gasteiger partial charge < -0.3 is 15.5 Å². The zero-order valence-electron chi connectivity index (χ0n) is 18.1. The number of hydrogen-bond acceptors (Lipinski definition) is 6. The van der Waals surface area contributed by atoms with Gasteiger partial charge in [-0.2, -0.15) is 4.98 Å². The monoisotopic (exact) mass is 427 g/mol. The Kier molecular flexibility index (Phi) is 6.87. The van der Waals surface area contributed by atoms with Gasteiger partial charge in [0.25, 0.3) is 0 Å². The quantitative estimate of drug-likeness (QED) is 0.703. The van der Waals surface area contributed by atoms with Gasteiger partial charge in [0.05, 0.1) is 12.1 Å². The first-order valence-corrected chi connectivity index (χ1v) is 12.1. The van der Waals surface area contributed by atoms with Crippen molar-refractivity contribution in [2.75, 3.05) is 30.9 Å². The third-order valence-electron chi connectivity index (χ3n) is 6.27. The lowest BCUT2D eigenvalue weighted by Crippen LogP contribution is -2.35. The van der Waals surface area contributed by atoms with Gasteiger partial charge in [-0.05, 0) is 68.7 Å². The van der Waals surface area contributed by atoms with E-state index in [1.165, 1.54) is 24.1 Å². The lowest BCUT2D eigenvalue weighted by Gasteiger charge is -2.30. The van der Waals surface area contributed by atoms with Crippen molar-refractivity contribution < 1.29 is 4.79 Å². The fraction of sp³-hybridized carbons (Fsp3) is 0.609. The normalized spacial score (nSPS) is 21.0. The first-order chi connectivity index (χ1) is 14.6. The zero-order valence-corrected chi connectivity index (χ0v) is 18.9. The molecular weight excluding hydrogens is 394 g/mol. The number of carbonyl (C=O) groups excluding carboxylic acids is 1. The second kappa shape index (κ2) is 9.77. The van der Waals surface area contributed by atoms with Gasteiger partial charge in [-0.25, -0.2) is 4.98 Å². The molecule has 1 fully saturated rings. The molecule has 30 heavy (non-hydrogen) atoms. The number of rotatable bonds is 7. The van der Waals surface area contributed by atoms with Gasteiger partial charge in [0, 0.05) is 37.1 Å². The molecule has 2 aromatic heterocycles. The van der Waals surface area contributed by atoms with Gasteiger partial charge in [0.1, 0.15) is 5.82 Å². The van der Waals surface area contributed by atoms with E-state index in [1.807, 2.05) is 17.5 Å². The van der Waals surface area contributed by atoms with Gasteiger partial charge in [-0.3, -0.25) is 4.79 Å². The molecule has 0 aliphatic heterocycles. The molecule has 162 valence electrons. The number of fused-ring (bicyclic) bond motifs is 1. The molecule has 0 bridgehead atoms. The number of aryl methyl sites for hydroxylation is 1. The Morgan fingerprint density at radius 3 is 2.70 bits per heavy atom. The molecular formula is C23H33N5OS. The predicted molar refractivity (Wildman–Crippen MR) is 123 cm³/mol. The summed E-state index contributed by atoms with van der Waals surface area (Å²) in [6, 6.07) is 4.43. The Labute approximate surface area is 183 Å². The fourth-order valence-electron chi connectivity index (χ4n) is 4.59. The predicted octanol–water partition coefficient (Wildman–Crippen LogP) is 3.81. The van der Waals surface area contributed by atoms with Crippen molar-refractivity contribution in [3.05, 3.63) is 33.6 Å². The number of aromatic nitrogens is 2. The SMILES string of the molecule is CN(C)c1nc(NC2CCC(CNC(=O)Cc3cccs3)CC2)nc2c1CCCC2. The zero-order chi connectivity index (χ0) is 20.9. The van der Waals surface area contributed by atoms with E-state index < -0.39 is 0 Å². The van der Waals surface area contributed by atoms with Crippen LogP contribution in [0.25, 0.3) is 0 Å². The molecule has 2 aliphatic carbocycles. The van der Waals surface area contributed by atoms with Crippen molar-refractivity contribution >= 4 is 29.0 Å². The molecule has 1 amide bonds. The average molecular weight is 428 g/mol. The van der Waals surface area contributed by atoms with Crippen LogP contribution < -0.4 is 15.5 Å². The maximum Gasteiger partial charge on any atom is 0.225 e. The van der Waals surface area contributed by atoms with Crippen molar-refractivity contribution in [2.24, 2.45) is 5.92 Å². The van der Waals surface area contributed by atoms with Crippen molar-refractivity contribution in [1.82, 2.24) is 15.3 Å². The average Bonchev–Trinajstić information content (AvgIpc) is 3.25. The molecule has 0 saturated heterocycles. The molecule has 2 heterocycles. The van der Waals surface area contributed by atoms with Crippen LogP contribution in [-0.2, 0) is 24.1 Å². The van der Waals surface area contributed by atoms with Crippen LogP contribution in [0.15, 0.2) is 17.5 Å². The lowest BCUT2D eigenvalue weighted by atomic mass is 9.86. The first kappa shape index (κ1) is 21.1. The molecule has 0 unspecified atom stereocenters. The Bertz CT molecular complexity index is 844. The fourth-order valence-corrected chi connectivity index (χ4v) is 5.30. The second-order valence-electron chi connectivity index (χ2n) is 8.82. The maximum atomic E-state index is 12.1. The van der Waals surface area contributed by atoms with E-state index in [9.17, 15) is 4.79 Å². The molecule has 6 nitrogen and oxygen atoms in total. The highest BCUT2D eigenvalue weighted by Gasteiger charge is 2.24. The molecule has 2 aliphatic rings. The van der Waals surface area contributed by atoms with E-state index in [4.69, 9.17) is 9.97 Å². The van der Waals surface area contributed by atoms with E-state index in [2.05, 4.69) is 29.6 Å². The van der Waals surface area contributed by atoms with Crippen molar-refractivity contribution in [1.29, 1.82) is 0 Å². The molecule has 2 aromatic rings. The third kappa shape index (κ3) is 5.31. The van der Waals surface area contributed by atoms with E-state index in [1.54, 1.807) is 11.3 Å². The minimum atomic E-state index is 0.136. The summed E-state index contributed by atoms with van der Waals surface area (Å²) < 4.78 is 0. The smallest absolute Gasteiger partial charge is 0.225 e. The van der Waals surface area contributed by atoms with Gasteiger partial charge >= 0.3 is 0 Å². The Morgan fingerprint density at radius 1 is 1.17 bits per heavy atom. The van der Waals surface area contributed by atoms with Crippen LogP contribution >= 0.6 is 11.3 Å². The highest BCUT2D eigenvalue weighted by molar-refractivity contribution is 7.10. The van der Waals surface area contributed by atoms with E-state index >= 15 is 0 Å². The van der Waals surface area contributed by atoms with Crippen molar-refractivity contribution in [3.8, 4) is 0 Å².